The fourth-order valence-electron chi connectivity index (χ4n) is 3.37. The van der Waals surface area contributed by atoms with E-state index in [0.717, 1.165) is 41.9 Å². The van der Waals surface area contributed by atoms with Crippen LogP contribution in [0.4, 0.5) is 0 Å². The molecule has 0 unspecified atom stereocenters. The normalized spacial score (nSPS) is 10.7. The monoisotopic (exact) mass is 368 g/mol. The third-order valence-electron chi connectivity index (χ3n) is 4.81. The molecule has 0 bridgehead atoms. The number of benzene rings is 2. The highest BCUT2D eigenvalue weighted by molar-refractivity contribution is 5.65. The predicted molar refractivity (Wildman–Crippen MR) is 108 cm³/mol. The molecule has 0 aliphatic rings. The summed E-state index contributed by atoms with van der Waals surface area (Å²) in [6, 6.07) is 22.2. The number of aryl methyl sites for hydroxylation is 2. The molecular weight excluding hydrogens is 348 g/mol. The van der Waals surface area contributed by atoms with Crippen molar-refractivity contribution in [3.05, 3.63) is 83.7 Å². The van der Waals surface area contributed by atoms with Crippen LogP contribution >= 0.6 is 0 Å². The lowest BCUT2D eigenvalue weighted by atomic mass is 10.0. The molecule has 4 rings (SSSR count). The van der Waals surface area contributed by atoms with Gasteiger partial charge >= 0.3 is 0 Å². The molecule has 0 radical (unpaired) electrons. The van der Waals surface area contributed by atoms with Gasteiger partial charge in [0, 0.05) is 5.56 Å². The van der Waals surface area contributed by atoms with Crippen molar-refractivity contribution in [2.24, 2.45) is 0 Å². The topological polar surface area (TPSA) is 63.2 Å². The van der Waals surface area contributed by atoms with E-state index in [2.05, 4.69) is 40.4 Å². The first-order valence-electron chi connectivity index (χ1n) is 9.23. The average Bonchev–Trinajstić information content (AvgIpc) is 3.22. The smallest absolute Gasteiger partial charge is 0.156 e. The SMILES string of the molecule is COc1cccc(CCCc2cc(-c3ccc(C#N)cc3)n3ncnc3c2)c1. The van der Waals surface area contributed by atoms with E-state index < -0.39 is 0 Å². The van der Waals surface area contributed by atoms with Crippen LogP contribution in [0.2, 0.25) is 0 Å². The molecule has 4 aromatic rings. The minimum Gasteiger partial charge on any atom is -0.497 e. The molecule has 138 valence electrons. The van der Waals surface area contributed by atoms with Crippen LogP contribution in [0.1, 0.15) is 23.1 Å². The average molecular weight is 368 g/mol. The molecule has 28 heavy (non-hydrogen) atoms. The standard InChI is InChI=1S/C23H20N4O/c1-28-21-7-3-5-17(12-21)4-2-6-19-13-22(27-23(14-19)25-16-26-27)20-10-8-18(15-24)9-11-20/h3,5,7-14,16H,2,4,6H2,1H3. The second kappa shape index (κ2) is 7.93. The zero-order chi connectivity index (χ0) is 19.3. The fraction of sp³-hybridized carbons (Fsp3) is 0.174. The number of ether oxygens (including phenoxy) is 1. The molecule has 0 amide bonds. The van der Waals surface area contributed by atoms with Crippen LogP contribution < -0.4 is 4.74 Å². The highest BCUT2D eigenvalue weighted by atomic mass is 16.5. The van der Waals surface area contributed by atoms with E-state index in [1.807, 2.05) is 40.9 Å². The molecule has 0 atom stereocenters. The van der Waals surface area contributed by atoms with Gasteiger partial charge in [0.05, 0.1) is 24.4 Å². The van der Waals surface area contributed by atoms with Gasteiger partial charge in [0.2, 0.25) is 0 Å². The summed E-state index contributed by atoms with van der Waals surface area (Å²) in [5, 5.41) is 13.4. The third kappa shape index (κ3) is 3.72. The highest BCUT2D eigenvalue weighted by Gasteiger charge is 2.09. The van der Waals surface area contributed by atoms with E-state index in [-0.39, 0.29) is 0 Å². The molecule has 2 aromatic heterocycles. The summed E-state index contributed by atoms with van der Waals surface area (Å²) in [4.78, 5) is 4.37. The molecule has 5 nitrogen and oxygen atoms in total. The van der Waals surface area contributed by atoms with Gasteiger partial charge in [0.25, 0.3) is 0 Å². The summed E-state index contributed by atoms with van der Waals surface area (Å²) in [6.07, 6.45) is 4.54. The van der Waals surface area contributed by atoms with Crippen LogP contribution in [0.25, 0.3) is 16.9 Å². The second-order valence-corrected chi connectivity index (χ2v) is 6.67. The minimum absolute atomic E-state index is 0.646. The Balaban J connectivity index is 1.56. The number of nitriles is 1. The minimum atomic E-state index is 0.646. The van der Waals surface area contributed by atoms with Gasteiger partial charge in [-0.05, 0) is 66.8 Å². The molecule has 0 fully saturated rings. The van der Waals surface area contributed by atoms with Gasteiger partial charge in [-0.15, -0.1) is 0 Å². The van der Waals surface area contributed by atoms with Crippen molar-refractivity contribution in [1.29, 1.82) is 5.26 Å². The molecule has 0 spiro atoms. The summed E-state index contributed by atoms with van der Waals surface area (Å²) in [6.45, 7) is 0. The van der Waals surface area contributed by atoms with Crippen LogP contribution in [-0.4, -0.2) is 21.7 Å². The van der Waals surface area contributed by atoms with Crippen LogP contribution in [0.15, 0.2) is 67.0 Å². The molecule has 2 heterocycles. The predicted octanol–water partition coefficient (Wildman–Crippen LogP) is 4.45. The maximum atomic E-state index is 9.02. The molecule has 0 aliphatic heterocycles. The molecule has 0 saturated carbocycles. The van der Waals surface area contributed by atoms with E-state index in [1.165, 1.54) is 11.1 Å². The summed E-state index contributed by atoms with van der Waals surface area (Å²) >= 11 is 0. The summed E-state index contributed by atoms with van der Waals surface area (Å²) in [5.41, 5.74) is 5.98. The van der Waals surface area contributed by atoms with E-state index in [9.17, 15) is 0 Å². The first-order valence-corrected chi connectivity index (χ1v) is 9.23. The quantitative estimate of drug-likeness (QED) is 0.504. The maximum Gasteiger partial charge on any atom is 0.156 e. The summed E-state index contributed by atoms with van der Waals surface area (Å²) < 4.78 is 7.14. The Bertz CT molecular complexity index is 1140. The van der Waals surface area contributed by atoms with Crippen molar-refractivity contribution in [1.82, 2.24) is 14.6 Å². The summed E-state index contributed by atoms with van der Waals surface area (Å²) in [5.74, 6) is 0.894. The van der Waals surface area contributed by atoms with Crippen LogP contribution in [-0.2, 0) is 12.8 Å². The van der Waals surface area contributed by atoms with Crippen LogP contribution in [0.5, 0.6) is 5.75 Å². The molecule has 0 aliphatic carbocycles. The Morgan fingerprint density at radius 3 is 2.61 bits per heavy atom. The maximum absolute atomic E-state index is 9.02. The Kier molecular flexibility index (Phi) is 5.03. The van der Waals surface area contributed by atoms with E-state index in [1.54, 1.807) is 13.4 Å². The Morgan fingerprint density at radius 1 is 1.00 bits per heavy atom. The Labute approximate surface area is 163 Å². The van der Waals surface area contributed by atoms with Crippen LogP contribution in [0, 0.1) is 11.3 Å². The van der Waals surface area contributed by atoms with Gasteiger partial charge < -0.3 is 4.74 Å². The van der Waals surface area contributed by atoms with Crippen molar-refractivity contribution in [2.45, 2.75) is 19.3 Å². The van der Waals surface area contributed by atoms with Crippen molar-refractivity contribution in [3.63, 3.8) is 0 Å². The first-order chi connectivity index (χ1) is 13.8. The number of methoxy groups -OCH3 is 1. The van der Waals surface area contributed by atoms with Gasteiger partial charge in [0.1, 0.15) is 12.1 Å². The number of nitrogens with zero attached hydrogens (tertiary/aromatic N) is 4. The fourth-order valence-corrected chi connectivity index (χ4v) is 3.37. The van der Waals surface area contributed by atoms with Crippen molar-refractivity contribution in [2.75, 3.05) is 7.11 Å². The zero-order valence-electron chi connectivity index (χ0n) is 15.7. The lowest BCUT2D eigenvalue weighted by molar-refractivity contribution is 0.414. The largest absolute Gasteiger partial charge is 0.497 e. The molecular formula is C23H20N4O. The third-order valence-corrected chi connectivity index (χ3v) is 4.81. The first kappa shape index (κ1) is 17.7. The zero-order valence-corrected chi connectivity index (χ0v) is 15.7. The van der Waals surface area contributed by atoms with E-state index in [0.29, 0.717) is 5.56 Å². The Hall–Kier alpha value is -3.65. The number of fused-ring (bicyclic) bond motifs is 1. The molecule has 0 saturated heterocycles. The number of rotatable bonds is 6. The number of hydrogen-bond donors (Lipinski definition) is 0. The van der Waals surface area contributed by atoms with E-state index in [4.69, 9.17) is 10.00 Å². The van der Waals surface area contributed by atoms with Gasteiger partial charge in [-0.1, -0.05) is 24.3 Å². The number of hydrogen-bond acceptors (Lipinski definition) is 4. The van der Waals surface area contributed by atoms with Crippen LogP contribution in [0.3, 0.4) is 0 Å². The lowest BCUT2D eigenvalue weighted by Crippen LogP contribution is -1.98. The van der Waals surface area contributed by atoms with E-state index >= 15 is 0 Å². The van der Waals surface area contributed by atoms with Crippen molar-refractivity contribution in [3.8, 4) is 23.1 Å². The second-order valence-electron chi connectivity index (χ2n) is 6.67. The number of pyridine rings is 1. The van der Waals surface area contributed by atoms with Gasteiger partial charge in [-0.2, -0.15) is 10.4 Å². The Morgan fingerprint density at radius 2 is 1.82 bits per heavy atom. The molecule has 5 heteroatoms. The van der Waals surface area contributed by atoms with Gasteiger partial charge in [0.15, 0.2) is 5.65 Å². The van der Waals surface area contributed by atoms with Crippen molar-refractivity contribution >= 4 is 5.65 Å². The molecule has 2 aromatic carbocycles. The number of aromatic nitrogens is 3. The van der Waals surface area contributed by atoms with Gasteiger partial charge in [-0.3, -0.25) is 0 Å². The van der Waals surface area contributed by atoms with Crippen molar-refractivity contribution < 1.29 is 4.74 Å². The molecule has 0 N–H and O–H groups in total. The lowest BCUT2D eigenvalue weighted by Gasteiger charge is -2.09. The van der Waals surface area contributed by atoms with Gasteiger partial charge in [-0.25, -0.2) is 9.50 Å². The highest BCUT2D eigenvalue weighted by Crippen LogP contribution is 2.23. The summed E-state index contributed by atoms with van der Waals surface area (Å²) in [7, 11) is 1.69.